The lowest BCUT2D eigenvalue weighted by molar-refractivity contribution is 0.0848. The van der Waals surface area contributed by atoms with Gasteiger partial charge >= 0.3 is 6.09 Å². The zero-order valence-electron chi connectivity index (χ0n) is 9.45. The van der Waals surface area contributed by atoms with Gasteiger partial charge < -0.3 is 14.7 Å². The first kappa shape index (κ1) is 12.3. The molecule has 0 radical (unpaired) electrons. The molecule has 0 saturated heterocycles. The van der Waals surface area contributed by atoms with Gasteiger partial charge in [-0.2, -0.15) is 0 Å². The van der Waals surface area contributed by atoms with Gasteiger partial charge in [0.25, 0.3) is 0 Å². The van der Waals surface area contributed by atoms with E-state index in [9.17, 15) is 4.79 Å². The molecule has 1 rings (SSSR count). The first-order valence-electron chi connectivity index (χ1n) is 5.72. The summed E-state index contributed by atoms with van der Waals surface area (Å²) in [5, 5.41) is 8.52. The SMILES string of the molecule is CN(CC1CCCCC1)C(=O)OCCO. The van der Waals surface area contributed by atoms with Crippen molar-refractivity contribution in [1.29, 1.82) is 0 Å². The maximum Gasteiger partial charge on any atom is 0.409 e. The Labute approximate surface area is 91.2 Å². The van der Waals surface area contributed by atoms with Crippen molar-refractivity contribution in [3.05, 3.63) is 0 Å². The third-order valence-electron chi connectivity index (χ3n) is 2.89. The van der Waals surface area contributed by atoms with Crippen LogP contribution in [0.2, 0.25) is 0 Å². The fraction of sp³-hybridized carbons (Fsp3) is 0.909. The minimum absolute atomic E-state index is 0.0911. The van der Waals surface area contributed by atoms with E-state index in [1.54, 1.807) is 11.9 Å². The van der Waals surface area contributed by atoms with Crippen LogP contribution in [0.25, 0.3) is 0 Å². The molecule has 0 aromatic carbocycles. The van der Waals surface area contributed by atoms with Crippen LogP contribution in [0.15, 0.2) is 0 Å². The molecular weight excluding hydrogens is 194 g/mol. The summed E-state index contributed by atoms with van der Waals surface area (Å²) in [5.74, 6) is 0.630. The number of carbonyl (C=O) groups is 1. The van der Waals surface area contributed by atoms with E-state index in [1.165, 1.54) is 32.1 Å². The Hall–Kier alpha value is -0.770. The number of carbonyl (C=O) groups excluding carboxylic acids is 1. The number of amides is 1. The molecule has 88 valence electrons. The molecule has 1 fully saturated rings. The van der Waals surface area contributed by atoms with E-state index in [-0.39, 0.29) is 19.3 Å². The summed E-state index contributed by atoms with van der Waals surface area (Å²) in [4.78, 5) is 13.0. The fourth-order valence-electron chi connectivity index (χ4n) is 2.07. The topological polar surface area (TPSA) is 49.8 Å². The molecule has 0 unspecified atom stereocenters. The van der Waals surface area contributed by atoms with Gasteiger partial charge in [-0.3, -0.25) is 0 Å². The number of rotatable bonds is 4. The van der Waals surface area contributed by atoms with Gasteiger partial charge in [0.2, 0.25) is 0 Å². The quantitative estimate of drug-likeness (QED) is 0.775. The van der Waals surface area contributed by atoms with Crippen LogP contribution in [0.5, 0.6) is 0 Å². The van der Waals surface area contributed by atoms with E-state index >= 15 is 0 Å². The van der Waals surface area contributed by atoms with Gasteiger partial charge in [-0.25, -0.2) is 4.79 Å². The van der Waals surface area contributed by atoms with Gasteiger partial charge in [0.15, 0.2) is 0 Å². The Kier molecular flexibility index (Phi) is 5.47. The highest BCUT2D eigenvalue weighted by atomic mass is 16.6. The summed E-state index contributed by atoms with van der Waals surface area (Å²) in [6.07, 6.45) is 6.01. The molecule has 4 nitrogen and oxygen atoms in total. The molecular formula is C11H21NO3. The number of nitrogens with zero attached hydrogens (tertiary/aromatic N) is 1. The predicted octanol–water partition coefficient (Wildman–Crippen LogP) is 1.63. The monoisotopic (exact) mass is 215 g/mol. The van der Waals surface area contributed by atoms with Crippen LogP contribution in [0, 0.1) is 5.92 Å². The second-order valence-corrected chi connectivity index (χ2v) is 4.22. The lowest BCUT2D eigenvalue weighted by Crippen LogP contribution is -2.33. The zero-order chi connectivity index (χ0) is 11.1. The van der Waals surface area contributed by atoms with Gasteiger partial charge in [0.05, 0.1) is 6.61 Å². The highest BCUT2D eigenvalue weighted by molar-refractivity contribution is 5.67. The largest absolute Gasteiger partial charge is 0.447 e. The normalized spacial score (nSPS) is 17.5. The van der Waals surface area contributed by atoms with E-state index in [0.717, 1.165) is 6.54 Å². The summed E-state index contributed by atoms with van der Waals surface area (Å²) in [7, 11) is 1.76. The van der Waals surface area contributed by atoms with E-state index in [4.69, 9.17) is 9.84 Å². The van der Waals surface area contributed by atoms with Crippen molar-refractivity contribution in [2.75, 3.05) is 26.8 Å². The Morgan fingerprint density at radius 3 is 2.67 bits per heavy atom. The summed E-state index contributed by atoms with van der Waals surface area (Å²) < 4.78 is 4.83. The average Bonchev–Trinajstić information content (AvgIpc) is 2.27. The third-order valence-corrected chi connectivity index (χ3v) is 2.89. The number of aliphatic hydroxyl groups excluding tert-OH is 1. The molecule has 0 aromatic rings. The zero-order valence-corrected chi connectivity index (χ0v) is 9.45. The van der Waals surface area contributed by atoms with E-state index in [0.29, 0.717) is 5.92 Å². The molecule has 1 amide bonds. The van der Waals surface area contributed by atoms with Crippen molar-refractivity contribution in [3.8, 4) is 0 Å². The molecule has 0 aromatic heterocycles. The highest BCUT2D eigenvalue weighted by Crippen LogP contribution is 2.24. The van der Waals surface area contributed by atoms with Crippen LogP contribution in [0.1, 0.15) is 32.1 Å². The number of ether oxygens (including phenoxy) is 1. The maximum absolute atomic E-state index is 11.4. The molecule has 4 heteroatoms. The lowest BCUT2D eigenvalue weighted by atomic mass is 9.89. The van der Waals surface area contributed by atoms with Gasteiger partial charge in [-0.05, 0) is 18.8 Å². The minimum atomic E-state index is -0.324. The molecule has 15 heavy (non-hydrogen) atoms. The summed E-state index contributed by atoms with van der Waals surface area (Å²) in [6, 6.07) is 0. The van der Waals surface area contributed by atoms with Gasteiger partial charge in [0.1, 0.15) is 6.61 Å². The van der Waals surface area contributed by atoms with Crippen molar-refractivity contribution in [2.45, 2.75) is 32.1 Å². The van der Waals surface area contributed by atoms with Gasteiger partial charge in [-0.15, -0.1) is 0 Å². The first-order valence-corrected chi connectivity index (χ1v) is 5.72. The second kappa shape index (κ2) is 6.67. The molecule has 0 spiro atoms. The van der Waals surface area contributed by atoms with Crippen molar-refractivity contribution in [2.24, 2.45) is 5.92 Å². The molecule has 1 saturated carbocycles. The van der Waals surface area contributed by atoms with Crippen molar-refractivity contribution >= 4 is 6.09 Å². The van der Waals surface area contributed by atoms with E-state index < -0.39 is 0 Å². The molecule has 0 aliphatic heterocycles. The molecule has 1 aliphatic carbocycles. The summed E-state index contributed by atoms with van der Waals surface area (Å²) in [5.41, 5.74) is 0. The Morgan fingerprint density at radius 1 is 1.40 bits per heavy atom. The van der Waals surface area contributed by atoms with Crippen LogP contribution < -0.4 is 0 Å². The van der Waals surface area contributed by atoms with Crippen molar-refractivity contribution in [3.63, 3.8) is 0 Å². The first-order chi connectivity index (χ1) is 7.24. The second-order valence-electron chi connectivity index (χ2n) is 4.22. The van der Waals surface area contributed by atoms with Crippen LogP contribution >= 0.6 is 0 Å². The smallest absolute Gasteiger partial charge is 0.409 e. The van der Waals surface area contributed by atoms with Crippen LogP contribution in [0.3, 0.4) is 0 Å². The average molecular weight is 215 g/mol. The Morgan fingerprint density at radius 2 is 2.07 bits per heavy atom. The summed E-state index contributed by atoms with van der Waals surface area (Å²) in [6.45, 7) is 0.765. The highest BCUT2D eigenvalue weighted by Gasteiger charge is 2.18. The van der Waals surface area contributed by atoms with Crippen LogP contribution in [-0.2, 0) is 4.74 Å². The number of hydrogen-bond acceptors (Lipinski definition) is 3. The van der Waals surface area contributed by atoms with Crippen molar-refractivity contribution in [1.82, 2.24) is 4.90 Å². The minimum Gasteiger partial charge on any atom is -0.447 e. The Bertz CT molecular complexity index is 190. The fourth-order valence-corrected chi connectivity index (χ4v) is 2.07. The van der Waals surface area contributed by atoms with Gasteiger partial charge in [0, 0.05) is 13.6 Å². The molecule has 0 atom stereocenters. The molecule has 1 N–H and O–H groups in total. The molecule has 1 aliphatic rings. The Balaban J connectivity index is 2.20. The third kappa shape index (κ3) is 4.51. The van der Waals surface area contributed by atoms with E-state index in [1.807, 2.05) is 0 Å². The van der Waals surface area contributed by atoms with Crippen LogP contribution in [0.4, 0.5) is 4.79 Å². The molecule has 0 heterocycles. The number of aliphatic hydroxyl groups is 1. The number of hydrogen-bond donors (Lipinski definition) is 1. The lowest BCUT2D eigenvalue weighted by Gasteiger charge is -2.26. The standard InChI is InChI=1S/C11H21NO3/c1-12(11(14)15-8-7-13)9-10-5-3-2-4-6-10/h10,13H,2-9H2,1H3. The molecule has 0 bridgehead atoms. The van der Waals surface area contributed by atoms with E-state index in [2.05, 4.69) is 0 Å². The van der Waals surface area contributed by atoms with Crippen LogP contribution in [-0.4, -0.2) is 42.9 Å². The van der Waals surface area contributed by atoms with Crippen molar-refractivity contribution < 1.29 is 14.6 Å². The van der Waals surface area contributed by atoms with Gasteiger partial charge in [-0.1, -0.05) is 19.3 Å². The predicted molar refractivity (Wildman–Crippen MR) is 57.6 cm³/mol. The summed E-state index contributed by atoms with van der Waals surface area (Å²) >= 11 is 0. The maximum atomic E-state index is 11.4.